The van der Waals surface area contributed by atoms with Gasteiger partial charge in [0.25, 0.3) is 5.88 Å². The van der Waals surface area contributed by atoms with Crippen LogP contribution >= 0.6 is 0 Å². The normalized spacial score (nSPS) is 19.5. The highest BCUT2D eigenvalue weighted by molar-refractivity contribution is 5.73. The zero-order chi connectivity index (χ0) is 22.2. The van der Waals surface area contributed by atoms with Gasteiger partial charge < -0.3 is 14.8 Å². The molecule has 1 aliphatic rings. The lowest BCUT2D eigenvalue weighted by Crippen LogP contribution is -2.37. The molecule has 0 bridgehead atoms. The number of carbonyl (C=O) groups is 1. The number of hydrogen-bond acceptors (Lipinski definition) is 7. The van der Waals surface area contributed by atoms with Crippen LogP contribution in [0.25, 0.3) is 11.4 Å². The first-order chi connectivity index (χ1) is 14.9. The van der Waals surface area contributed by atoms with Crippen molar-refractivity contribution in [3.8, 4) is 17.3 Å². The number of amides is 1. The summed E-state index contributed by atoms with van der Waals surface area (Å²) in [6.07, 6.45) is 6.25. The number of hydrogen-bond donors (Lipinski definition) is 1. The Morgan fingerprint density at radius 3 is 2.74 bits per heavy atom. The molecule has 2 heterocycles. The first kappa shape index (κ1) is 22.7. The molecule has 3 rings (SSSR count). The molecule has 0 aliphatic heterocycles. The van der Waals surface area contributed by atoms with Crippen LogP contribution in [0.15, 0.2) is 29.5 Å². The van der Waals surface area contributed by atoms with Crippen molar-refractivity contribution >= 4 is 12.6 Å². The number of ether oxygens (including phenoxy) is 2. The van der Waals surface area contributed by atoms with Gasteiger partial charge >= 0.3 is 0 Å². The predicted molar refractivity (Wildman–Crippen MR) is 114 cm³/mol. The third-order valence-electron chi connectivity index (χ3n) is 4.98. The second kappa shape index (κ2) is 10.9. The summed E-state index contributed by atoms with van der Waals surface area (Å²) < 4.78 is 26.3. The van der Waals surface area contributed by atoms with Crippen LogP contribution in [0.2, 0.25) is 0 Å². The predicted octanol–water partition coefficient (Wildman–Crippen LogP) is 3.11. The van der Waals surface area contributed by atoms with Gasteiger partial charge in [0.2, 0.25) is 5.91 Å². The van der Waals surface area contributed by atoms with E-state index in [1.807, 2.05) is 6.92 Å². The number of halogens is 1. The maximum absolute atomic E-state index is 14.6. The third kappa shape index (κ3) is 6.78. The molecule has 166 valence electrons. The fourth-order valence-electron chi connectivity index (χ4n) is 3.52. The first-order valence-corrected chi connectivity index (χ1v) is 10.4. The van der Waals surface area contributed by atoms with E-state index in [9.17, 15) is 9.18 Å². The van der Waals surface area contributed by atoms with Crippen LogP contribution < -0.4 is 10.1 Å². The van der Waals surface area contributed by atoms with Gasteiger partial charge in [0.15, 0.2) is 11.6 Å². The molecular formula is C22H28FN5O3. The lowest BCUT2D eigenvalue weighted by molar-refractivity contribution is -0.120. The summed E-state index contributed by atoms with van der Waals surface area (Å²) in [4.78, 5) is 27.5. The smallest absolute Gasteiger partial charge is 0.250 e. The van der Waals surface area contributed by atoms with Gasteiger partial charge in [-0.05, 0) is 51.5 Å². The van der Waals surface area contributed by atoms with Crippen LogP contribution in [-0.4, -0.2) is 52.4 Å². The molecule has 2 aromatic rings. The molecule has 1 fully saturated rings. The van der Waals surface area contributed by atoms with Gasteiger partial charge in [-0.1, -0.05) is 0 Å². The molecule has 1 saturated carbocycles. The maximum atomic E-state index is 14.6. The van der Waals surface area contributed by atoms with Crippen LogP contribution in [0, 0.1) is 5.82 Å². The van der Waals surface area contributed by atoms with E-state index < -0.39 is 5.82 Å². The average Bonchev–Trinajstić information content (AvgIpc) is 2.74. The van der Waals surface area contributed by atoms with E-state index in [-0.39, 0.29) is 30.0 Å². The first-order valence-electron chi connectivity index (χ1n) is 10.4. The van der Waals surface area contributed by atoms with E-state index in [2.05, 4.69) is 32.0 Å². The van der Waals surface area contributed by atoms with Gasteiger partial charge in [0, 0.05) is 30.9 Å². The van der Waals surface area contributed by atoms with Crippen molar-refractivity contribution < 1.29 is 18.7 Å². The molecule has 0 saturated heterocycles. The average molecular weight is 429 g/mol. The van der Waals surface area contributed by atoms with Gasteiger partial charge in [-0.25, -0.2) is 19.3 Å². The third-order valence-corrected chi connectivity index (χ3v) is 4.98. The highest BCUT2D eigenvalue weighted by Gasteiger charge is 2.25. The maximum Gasteiger partial charge on any atom is 0.250 e. The number of nitrogens with zero attached hydrogens (tertiary/aromatic N) is 4. The molecule has 8 nitrogen and oxygen atoms in total. The molecule has 2 aromatic heterocycles. The van der Waals surface area contributed by atoms with E-state index in [4.69, 9.17) is 9.47 Å². The van der Waals surface area contributed by atoms with E-state index in [0.29, 0.717) is 30.2 Å². The van der Waals surface area contributed by atoms with Crippen molar-refractivity contribution in [2.75, 3.05) is 6.61 Å². The van der Waals surface area contributed by atoms with Crippen LogP contribution in [-0.2, 0) is 16.1 Å². The Balaban J connectivity index is 1.52. The lowest BCUT2D eigenvalue weighted by atomic mass is 9.95. The molecule has 9 heteroatoms. The molecule has 0 unspecified atom stereocenters. The number of nitrogens with one attached hydrogen (secondary N) is 1. The molecule has 0 radical (unpaired) electrons. The minimum Gasteiger partial charge on any atom is -0.472 e. The van der Waals surface area contributed by atoms with Crippen molar-refractivity contribution in [1.82, 2.24) is 20.3 Å². The van der Waals surface area contributed by atoms with E-state index in [1.165, 1.54) is 19.2 Å². The van der Waals surface area contributed by atoms with E-state index in [1.54, 1.807) is 12.3 Å². The molecule has 31 heavy (non-hydrogen) atoms. The number of pyridine rings is 1. The highest BCUT2D eigenvalue weighted by atomic mass is 19.1. The summed E-state index contributed by atoms with van der Waals surface area (Å²) in [5.74, 6) is -0.251. The molecule has 1 N–H and O–H groups in total. The van der Waals surface area contributed by atoms with Crippen molar-refractivity contribution in [3.05, 3.63) is 36.0 Å². The molecule has 1 amide bonds. The number of carbonyl (C=O) groups excluding carboxylic acids is 1. The summed E-state index contributed by atoms with van der Waals surface area (Å²) in [7, 11) is 0. The molecule has 0 spiro atoms. The largest absolute Gasteiger partial charge is 0.472 e. The number of rotatable bonds is 9. The van der Waals surface area contributed by atoms with Crippen molar-refractivity contribution in [3.63, 3.8) is 0 Å². The number of aromatic nitrogens is 3. The Bertz CT molecular complexity index is 902. The standard InChI is InChI=1S/C22H28FN5O3/c1-14(27-15(2)29)13-30-18-4-6-19(7-5-18)31-22-20(23)10-16(11-26-22)21-25-9-8-17(28-21)12-24-3/h8-11,14,18-19H,3-7,12-13H2,1-2H3,(H,27,29)/t14-,18-,19-/m0/s1. The van der Waals surface area contributed by atoms with Crippen LogP contribution in [0.3, 0.4) is 0 Å². The van der Waals surface area contributed by atoms with Crippen molar-refractivity contribution in [2.45, 2.75) is 64.3 Å². The zero-order valence-corrected chi connectivity index (χ0v) is 17.9. The van der Waals surface area contributed by atoms with Gasteiger partial charge in [-0.15, -0.1) is 0 Å². The second-order valence-electron chi connectivity index (χ2n) is 7.72. The summed E-state index contributed by atoms with van der Waals surface area (Å²) in [6, 6.07) is 3.04. The van der Waals surface area contributed by atoms with Crippen LogP contribution in [0.4, 0.5) is 4.39 Å². The van der Waals surface area contributed by atoms with Gasteiger partial charge in [0.1, 0.15) is 6.10 Å². The van der Waals surface area contributed by atoms with E-state index >= 15 is 0 Å². The molecule has 1 aliphatic carbocycles. The van der Waals surface area contributed by atoms with Crippen LogP contribution in [0.5, 0.6) is 5.88 Å². The minimum absolute atomic E-state index is 0.0173. The lowest BCUT2D eigenvalue weighted by Gasteiger charge is -2.29. The van der Waals surface area contributed by atoms with Crippen LogP contribution in [0.1, 0.15) is 45.2 Å². The molecule has 1 atom stereocenters. The van der Waals surface area contributed by atoms with Gasteiger partial charge in [0.05, 0.1) is 24.9 Å². The topological polar surface area (TPSA) is 98.6 Å². The molecule has 0 aromatic carbocycles. The Morgan fingerprint density at radius 1 is 1.32 bits per heavy atom. The fourth-order valence-corrected chi connectivity index (χ4v) is 3.52. The Kier molecular flexibility index (Phi) is 8.00. The van der Waals surface area contributed by atoms with Gasteiger partial charge in [-0.3, -0.25) is 9.79 Å². The quantitative estimate of drug-likeness (QED) is 0.615. The second-order valence-corrected chi connectivity index (χ2v) is 7.72. The Hall–Kier alpha value is -2.94. The zero-order valence-electron chi connectivity index (χ0n) is 17.9. The summed E-state index contributed by atoms with van der Waals surface area (Å²) in [5, 5.41) is 2.80. The van der Waals surface area contributed by atoms with Gasteiger partial charge in [-0.2, -0.15) is 0 Å². The fraction of sp³-hybridized carbons (Fsp3) is 0.500. The SMILES string of the molecule is C=NCc1ccnc(-c2cnc(O[C@H]3CC[C@H](OC[C@H](C)NC(C)=O)CC3)c(F)c2)n1. The van der Waals surface area contributed by atoms with E-state index in [0.717, 1.165) is 25.7 Å². The highest BCUT2D eigenvalue weighted by Crippen LogP contribution is 2.27. The summed E-state index contributed by atoms with van der Waals surface area (Å²) in [5.41, 5.74) is 1.17. The molecular weight excluding hydrogens is 401 g/mol. The summed E-state index contributed by atoms with van der Waals surface area (Å²) in [6.45, 7) is 7.69. The van der Waals surface area contributed by atoms with Crippen molar-refractivity contribution in [2.24, 2.45) is 4.99 Å². The Morgan fingerprint density at radius 2 is 2.06 bits per heavy atom. The van der Waals surface area contributed by atoms with Crippen molar-refractivity contribution in [1.29, 1.82) is 0 Å². The monoisotopic (exact) mass is 429 g/mol. The Labute approximate surface area is 181 Å². The minimum atomic E-state index is -0.546. The summed E-state index contributed by atoms with van der Waals surface area (Å²) >= 11 is 0. The number of aliphatic imine (C=N–C) groups is 1.